The molecule has 0 saturated carbocycles. The Labute approximate surface area is 171 Å². The van der Waals surface area contributed by atoms with E-state index in [-0.39, 0.29) is 5.91 Å². The Hall–Kier alpha value is -3.25. The van der Waals surface area contributed by atoms with Gasteiger partial charge in [0.05, 0.1) is 12.4 Å². The highest BCUT2D eigenvalue weighted by atomic mass is 16.2. The Kier molecular flexibility index (Phi) is 5.81. The average Bonchev–Trinajstić information content (AvgIpc) is 2.79. The number of aromatic nitrogens is 2. The predicted octanol–water partition coefficient (Wildman–Crippen LogP) is 3.20. The first-order valence-corrected chi connectivity index (χ1v) is 9.87. The highest BCUT2D eigenvalue weighted by Crippen LogP contribution is 2.25. The summed E-state index contributed by atoms with van der Waals surface area (Å²) in [5.41, 5.74) is 2.60. The standard InChI is InChI=1S/C23H25N5O/c1-26-12-14-27(15-13-26)23(29)21-16-25-22(17-24-21)28(20-10-6-3-7-11-20)18-19-8-4-2-5-9-19/h2-11,16-17H,12-15,18H2,1H3. The lowest BCUT2D eigenvalue weighted by Gasteiger charge is -2.32. The van der Waals surface area contributed by atoms with E-state index in [0.29, 0.717) is 12.2 Å². The molecule has 0 aliphatic carbocycles. The molecule has 0 bridgehead atoms. The highest BCUT2D eigenvalue weighted by Gasteiger charge is 2.22. The van der Waals surface area contributed by atoms with Crippen LogP contribution in [0.2, 0.25) is 0 Å². The van der Waals surface area contributed by atoms with E-state index < -0.39 is 0 Å². The number of anilines is 2. The van der Waals surface area contributed by atoms with Gasteiger partial charge in [-0.2, -0.15) is 0 Å². The molecular weight excluding hydrogens is 362 g/mol. The Balaban J connectivity index is 1.56. The number of amides is 1. The summed E-state index contributed by atoms with van der Waals surface area (Å²) in [5, 5.41) is 0. The van der Waals surface area contributed by atoms with Crippen molar-refractivity contribution in [3.05, 3.63) is 84.3 Å². The van der Waals surface area contributed by atoms with Crippen LogP contribution < -0.4 is 4.90 Å². The summed E-state index contributed by atoms with van der Waals surface area (Å²) in [6, 6.07) is 20.4. The number of hydrogen-bond donors (Lipinski definition) is 0. The lowest BCUT2D eigenvalue weighted by molar-refractivity contribution is 0.0658. The normalized spacial score (nSPS) is 14.6. The average molecular weight is 387 g/mol. The number of para-hydroxylation sites is 1. The van der Waals surface area contributed by atoms with Crippen LogP contribution in [0.1, 0.15) is 16.1 Å². The monoisotopic (exact) mass is 387 g/mol. The van der Waals surface area contributed by atoms with Crippen molar-refractivity contribution < 1.29 is 4.79 Å². The van der Waals surface area contributed by atoms with Gasteiger partial charge >= 0.3 is 0 Å². The smallest absolute Gasteiger partial charge is 0.274 e. The van der Waals surface area contributed by atoms with Gasteiger partial charge in [0.2, 0.25) is 0 Å². The molecule has 6 nitrogen and oxygen atoms in total. The molecule has 1 saturated heterocycles. The van der Waals surface area contributed by atoms with Gasteiger partial charge in [-0.05, 0) is 24.7 Å². The molecule has 0 unspecified atom stereocenters. The Morgan fingerprint density at radius 1 is 0.897 bits per heavy atom. The number of rotatable bonds is 5. The van der Waals surface area contributed by atoms with Crippen molar-refractivity contribution in [3.8, 4) is 0 Å². The largest absolute Gasteiger partial charge is 0.335 e. The molecule has 4 rings (SSSR count). The van der Waals surface area contributed by atoms with Gasteiger partial charge in [-0.3, -0.25) is 4.79 Å². The zero-order chi connectivity index (χ0) is 20.1. The second-order valence-electron chi connectivity index (χ2n) is 7.26. The Morgan fingerprint density at radius 3 is 2.17 bits per heavy atom. The minimum Gasteiger partial charge on any atom is -0.335 e. The van der Waals surface area contributed by atoms with Crippen LogP contribution in [0.3, 0.4) is 0 Å². The fraction of sp³-hybridized carbons (Fsp3) is 0.261. The second kappa shape index (κ2) is 8.84. The van der Waals surface area contributed by atoms with Crippen LogP contribution in [0.4, 0.5) is 11.5 Å². The molecule has 0 atom stereocenters. The molecule has 0 radical (unpaired) electrons. The zero-order valence-electron chi connectivity index (χ0n) is 16.6. The summed E-state index contributed by atoms with van der Waals surface area (Å²) in [5.74, 6) is 0.668. The maximum absolute atomic E-state index is 12.7. The summed E-state index contributed by atoms with van der Waals surface area (Å²) in [7, 11) is 2.07. The molecule has 29 heavy (non-hydrogen) atoms. The first-order valence-electron chi connectivity index (χ1n) is 9.87. The third kappa shape index (κ3) is 4.60. The third-order valence-electron chi connectivity index (χ3n) is 5.18. The quantitative estimate of drug-likeness (QED) is 0.673. The molecule has 148 valence electrons. The first-order chi connectivity index (χ1) is 14.2. The van der Waals surface area contributed by atoms with Crippen molar-refractivity contribution in [2.75, 3.05) is 38.1 Å². The first kappa shape index (κ1) is 19.1. The molecule has 6 heteroatoms. The zero-order valence-corrected chi connectivity index (χ0v) is 16.6. The molecule has 2 aromatic carbocycles. The van der Waals surface area contributed by atoms with Crippen molar-refractivity contribution in [1.29, 1.82) is 0 Å². The van der Waals surface area contributed by atoms with E-state index in [9.17, 15) is 4.79 Å². The second-order valence-corrected chi connectivity index (χ2v) is 7.26. The summed E-state index contributed by atoms with van der Waals surface area (Å²) in [6.07, 6.45) is 3.29. The van der Waals surface area contributed by atoms with Crippen molar-refractivity contribution in [1.82, 2.24) is 19.8 Å². The van der Waals surface area contributed by atoms with Gasteiger partial charge in [0.1, 0.15) is 5.69 Å². The van der Waals surface area contributed by atoms with Crippen LogP contribution in [0.15, 0.2) is 73.1 Å². The van der Waals surface area contributed by atoms with E-state index in [1.165, 1.54) is 5.56 Å². The van der Waals surface area contributed by atoms with E-state index in [1.54, 1.807) is 12.4 Å². The minimum atomic E-state index is -0.0496. The number of benzene rings is 2. The molecule has 0 N–H and O–H groups in total. The van der Waals surface area contributed by atoms with E-state index in [0.717, 1.165) is 37.7 Å². The summed E-state index contributed by atoms with van der Waals surface area (Å²) in [6.45, 7) is 3.89. The molecule has 1 aliphatic heterocycles. The van der Waals surface area contributed by atoms with Gasteiger partial charge in [-0.25, -0.2) is 9.97 Å². The third-order valence-corrected chi connectivity index (χ3v) is 5.18. The van der Waals surface area contributed by atoms with Gasteiger partial charge in [0.25, 0.3) is 5.91 Å². The SMILES string of the molecule is CN1CCN(C(=O)c2cnc(N(Cc3ccccc3)c3ccccc3)cn2)CC1. The molecular formula is C23H25N5O. The Bertz CT molecular complexity index is 923. The molecule has 2 heterocycles. The van der Waals surface area contributed by atoms with Gasteiger partial charge in [0, 0.05) is 38.4 Å². The van der Waals surface area contributed by atoms with Crippen LogP contribution in [0.5, 0.6) is 0 Å². The van der Waals surface area contributed by atoms with E-state index >= 15 is 0 Å². The minimum absolute atomic E-state index is 0.0496. The van der Waals surface area contributed by atoms with Crippen LogP contribution >= 0.6 is 0 Å². The lowest BCUT2D eigenvalue weighted by Crippen LogP contribution is -2.47. The van der Waals surface area contributed by atoms with Gasteiger partial charge in [-0.1, -0.05) is 48.5 Å². The molecule has 0 spiro atoms. The van der Waals surface area contributed by atoms with Crippen molar-refractivity contribution in [2.24, 2.45) is 0 Å². The van der Waals surface area contributed by atoms with Crippen LogP contribution in [0.25, 0.3) is 0 Å². The van der Waals surface area contributed by atoms with Crippen molar-refractivity contribution in [2.45, 2.75) is 6.54 Å². The fourth-order valence-corrected chi connectivity index (χ4v) is 3.42. The summed E-state index contributed by atoms with van der Waals surface area (Å²) < 4.78 is 0. The number of piperazine rings is 1. The summed E-state index contributed by atoms with van der Waals surface area (Å²) in [4.78, 5) is 28.0. The number of nitrogens with zero attached hydrogens (tertiary/aromatic N) is 5. The molecule has 1 amide bonds. The van der Waals surface area contributed by atoms with Gasteiger partial charge in [-0.15, -0.1) is 0 Å². The van der Waals surface area contributed by atoms with Crippen LogP contribution in [0, 0.1) is 0 Å². The topological polar surface area (TPSA) is 52.6 Å². The highest BCUT2D eigenvalue weighted by molar-refractivity contribution is 5.92. The molecule has 1 fully saturated rings. The number of carbonyl (C=O) groups excluding carboxylic acids is 1. The lowest BCUT2D eigenvalue weighted by atomic mass is 10.2. The fourth-order valence-electron chi connectivity index (χ4n) is 3.42. The van der Waals surface area contributed by atoms with E-state index in [1.807, 2.05) is 53.4 Å². The Morgan fingerprint density at radius 2 is 1.55 bits per heavy atom. The number of carbonyl (C=O) groups is 1. The maximum Gasteiger partial charge on any atom is 0.274 e. The molecule has 3 aromatic rings. The van der Waals surface area contributed by atoms with Crippen molar-refractivity contribution in [3.63, 3.8) is 0 Å². The maximum atomic E-state index is 12.7. The van der Waals surface area contributed by atoms with Crippen LogP contribution in [-0.2, 0) is 6.54 Å². The van der Waals surface area contributed by atoms with Crippen LogP contribution in [-0.4, -0.2) is 58.9 Å². The summed E-state index contributed by atoms with van der Waals surface area (Å²) >= 11 is 0. The van der Waals surface area contributed by atoms with E-state index in [4.69, 9.17) is 0 Å². The molecule has 1 aromatic heterocycles. The molecule has 1 aliphatic rings. The van der Waals surface area contributed by atoms with Gasteiger partial charge in [0.15, 0.2) is 5.82 Å². The predicted molar refractivity (Wildman–Crippen MR) is 114 cm³/mol. The number of likely N-dealkylation sites (N-methyl/N-ethyl adjacent to an activating group) is 1. The van der Waals surface area contributed by atoms with Crippen molar-refractivity contribution >= 4 is 17.4 Å². The van der Waals surface area contributed by atoms with E-state index in [2.05, 4.69) is 38.9 Å². The van der Waals surface area contributed by atoms with Gasteiger partial charge < -0.3 is 14.7 Å². The number of hydrogen-bond acceptors (Lipinski definition) is 5.